The number of carbonyl (C=O) groups excluding carboxylic acids is 1. The smallest absolute Gasteiger partial charge is 0.231 e. The summed E-state index contributed by atoms with van der Waals surface area (Å²) in [5.74, 6) is -0.427. The van der Waals surface area contributed by atoms with Gasteiger partial charge in [0.1, 0.15) is 17.4 Å². The van der Waals surface area contributed by atoms with Gasteiger partial charge >= 0.3 is 0 Å². The van der Waals surface area contributed by atoms with Gasteiger partial charge in [-0.05, 0) is 48.1 Å². The van der Waals surface area contributed by atoms with Gasteiger partial charge in [-0.15, -0.1) is 11.3 Å². The molecule has 1 unspecified atom stereocenters. The highest BCUT2D eigenvalue weighted by molar-refractivity contribution is 7.10. The van der Waals surface area contributed by atoms with Crippen molar-refractivity contribution in [3.63, 3.8) is 0 Å². The van der Waals surface area contributed by atoms with Crippen molar-refractivity contribution in [2.45, 2.75) is 25.8 Å². The molecular formula is C18H17FN4OS. The van der Waals surface area contributed by atoms with Gasteiger partial charge in [-0.3, -0.25) is 9.69 Å². The van der Waals surface area contributed by atoms with Crippen molar-refractivity contribution in [1.29, 1.82) is 5.26 Å². The van der Waals surface area contributed by atoms with Gasteiger partial charge in [0.15, 0.2) is 5.96 Å². The normalized spacial score (nSPS) is 20.4. The average Bonchev–Trinajstić information content (AvgIpc) is 2.95. The van der Waals surface area contributed by atoms with Crippen LogP contribution in [0.5, 0.6) is 0 Å². The molecule has 0 fully saturated rings. The van der Waals surface area contributed by atoms with E-state index in [0.29, 0.717) is 0 Å². The number of amides is 1. The molecule has 1 aliphatic rings. The van der Waals surface area contributed by atoms with Gasteiger partial charge in [0.2, 0.25) is 5.91 Å². The number of hydrogen-bond acceptors (Lipinski definition) is 5. The zero-order valence-corrected chi connectivity index (χ0v) is 14.9. The Bertz CT molecular complexity index is 943. The van der Waals surface area contributed by atoms with Crippen LogP contribution in [0.1, 0.15) is 29.3 Å². The molecule has 128 valence electrons. The number of halogens is 1. The summed E-state index contributed by atoms with van der Waals surface area (Å²) >= 11 is 1.49. The Balaban J connectivity index is 2.08. The van der Waals surface area contributed by atoms with Crippen LogP contribution < -0.4 is 5.73 Å². The molecule has 2 aromatic rings. The zero-order chi connectivity index (χ0) is 18.4. The maximum absolute atomic E-state index is 13.6. The van der Waals surface area contributed by atoms with E-state index in [0.717, 1.165) is 21.6 Å². The van der Waals surface area contributed by atoms with Crippen molar-refractivity contribution in [1.82, 2.24) is 4.90 Å². The third-order valence-electron chi connectivity index (χ3n) is 4.50. The van der Waals surface area contributed by atoms with Crippen LogP contribution in [0, 0.1) is 24.1 Å². The second-order valence-electron chi connectivity index (χ2n) is 6.28. The summed E-state index contributed by atoms with van der Waals surface area (Å²) in [4.78, 5) is 19.0. The Morgan fingerprint density at radius 2 is 2.20 bits per heavy atom. The average molecular weight is 356 g/mol. The topological polar surface area (TPSA) is 82.5 Å². The van der Waals surface area contributed by atoms with Crippen molar-refractivity contribution < 1.29 is 9.18 Å². The van der Waals surface area contributed by atoms with Gasteiger partial charge in [-0.2, -0.15) is 5.26 Å². The van der Waals surface area contributed by atoms with Gasteiger partial charge in [-0.1, -0.05) is 6.07 Å². The molecule has 2 N–H and O–H groups in total. The van der Waals surface area contributed by atoms with Gasteiger partial charge in [0.05, 0.1) is 12.0 Å². The first-order valence-corrected chi connectivity index (χ1v) is 8.55. The maximum Gasteiger partial charge on any atom is 0.231 e. The molecule has 0 aliphatic carbocycles. The van der Waals surface area contributed by atoms with Crippen molar-refractivity contribution in [3.8, 4) is 17.2 Å². The molecule has 0 radical (unpaired) electrons. The van der Waals surface area contributed by atoms with Gasteiger partial charge in [0, 0.05) is 11.9 Å². The van der Waals surface area contributed by atoms with E-state index in [9.17, 15) is 9.18 Å². The second kappa shape index (κ2) is 5.97. The van der Waals surface area contributed by atoms with E-state index >= 15 is 0 Å². The van der Waals surface area contributed by atoms with Crippen molar-refractivity contribution >= 4 is 23.2 Å². The molecule has 7 heteroatoms. The zero-order valence-electron chi connectivity index (χ0n) is 14.1. The third kappa shape index (κ3) is 2.79. The number of rotatable bonds is 2. The molecule has 25 heavy (non-hydrogen) atoms. The van der Waals surface area contributed by atoms with Crippen LogP contribution in [0.25, 0.3) is 11.1 Å². The predicted octanol–water partition coefficient (Wildman–Crippen LogP) is 3.13. The van der Waals surface area contributed by atoms with E-state index in [-0.39, 0.29) is 23.9 Å². The van der Waals surface area contributed by atoms with Gasteiger partial charge in [0.25, 0.3) is 0 Å². The van der Waals surface area contributed by atoms with Crippen LogP contribution in [0.4, 0.5) is 4.39 Å². The Labute approximate surface area is 149 Å². The Morgan fingerprint density at radius 3 is 2.84 bits per heavy atom. The molecule has 1 atom stereocenters. The number of thiophene rings is 1. The SMILES string of the molecule is Cc1c(-c2ccc(F)c(C#N)c2)csc1C1(C)CC(=O)N(C)C(N)=N1. The lowest BCUT2D eigenvalue weighted by molar-refractivity contribution is -0.128. The third-order valence-corrected chi connectivity index (χ3v) is 5.84. The molecule has 3 rings (SSSR count). The number of benzene rings is 1. The summed E-state index contributed by atoms with van der Waals surface area (Å²) in [7, 11) is 1.61. The highest BCUT2D eigenvalue weighted by Gasteiger charge is 2.38. The summed E-state index contributed by atoms with van der Waals surface area (Å²) in [5, 5.41) is 11.0. The number of aliphatic imine (C=N–C) groups is 1. The van der Waals surface area contributed by atoms with Crippen molar-refractivity contribution in [2.75, 3.05) is 7.05 Å². The van der Waals surface area contributed by atoms with Crippen molar-refractivity contribution in [3.05, 3.63) is 45.4 Å². The molecule has 5 nitrogen and oxygen atoms in total. The number of guanidine groups is 1. The molecule has 0 spiro atoms. The minimum Gasteiger partial charge on any atom is -0.369 e. The van der Waals surface area contributed by atoms with Crippen LogP contribution in [0.2, 0.25) is 0 Å². The fourth-order valence-corrected chi connectivity index (χ4v) is 4.26. The Kier molecular flexibility index (Phi) is 4.09. The maximum atomic E-state index is 13.6. The molecule has 0 saturated heterocycles. The minimum absolute atomic E-state index is 0.00703. The first-order chi connectivity index (χ1) is 11.8. The second-order valence-corrected chi connectivity index (χ2v) is 7.16. The van der Waals surface area contributed by atoms with Crippen LogP contribution in [0.3, 0.4) is 0 Å². The minimum atomic E-state index is -0.723. The highest BCUT2D eigenvalue weighted by Crippen LogP contribution is 2.42. The quantitative estimate of drug-likeness (QED) is 0.897. The summed E-state index contributed by atoms with van der Waals surface area (Å²) in [6.45, 7) is 3.83. The summed E-state index contributed by atoms with van der Waals surface area (Å²) in [5.41, 5.74) is 7.79. The number of nitrogens with zero attached hydrogens (tertiary/aromatic N) is 3. The monoisotopic (exact) mass is 356 g/mol. The fraction of sp³-hybridized carbons (Fsp3) is 0.278. The molecule has 1 amide bonds. The number of nitrogens with two attached hydrogens (primary N) is 1. The van der Waals surface area contributed by atoms with E-state index < -0.39 is 11.4 Å². The Hall–Kier alpha value is -2.72. The van der Waals surface area contributed by atoms with Crippen LogP contribution in [0.15, 0.2) is 28.6 Å². The molecular weight excluding hydrogens is 339 g/mol. The lowest BCUT2D eigenvalue weighted by atomic mass is 9.90. The van der Waals surface area contributed by atoms with E-state index in [1.165, 1.54) is 28.4 Å². The van der Waals surface area contributed by atoms with Gasteiger partial charge < -0.3 is 5.73 Å². The lowest BCUT2D eigenvalue weighted by Crippen LogP contribution is -2.47. The molecule has 0 bridgehead atoms. The van der Waals surface area contributed by atoms with Crippen LogP contribution in [-0.4, -0.2) is 23.8 Å². The van der Waals surface area contributed by atoms with Crippen molar-refractivity contribution in [2.24, 2.45) is 10.7 Å². The summed E-state index contributed by atoms with van der Waals surface area (Å²) < 4.78 is 13.6. The molecule has 1 aliphatic heterocycles. The fourth-order valence-electron chi connectivity index (χ4n) is 3.05. The summed E-state index contributed by atoms with van der Waals surface area (Å²) in [6.07, 6.45) is 0.234. The van der Waals surface area contributed by atoms with E-state index in [1.807, 2.05) is 25.3 Å². The first kappa shape index (κ1) is 17.1. The highest BCUT2D eigenvalue weighted by atomic mass is 32.1. The van der Waals surface area contributed by atoms with Crippen LogP contribution in [-0.2, 0) is 10.3 Å². The van der Waals surface area contributed by atoms with E-state index in [2.05, 4.69) is 4.99 Å². The first-order valence-electron chi connectivity index (χ1n) is 7.67. The van der Waals surface area contributed by atoms with E-state index in [1.54, 1.807) is 13.1 Å². The lowest BCUT2D eigenvalue weighted by Gasteiger charge is -2.33. The Morgan fingerprint density at radius 1 is 1.48 bits per heavy atom. The van der Waals surface area contributed by atoms with Gasteiger partial charge in [-0.25, -0.2) is 9.38 Å². The van der Waals surface area contributed by atoms with E-state index in [4.69, 9.17) is 11.0 Å². The number of hydrogen-bond donors (Lipinski definition) is 1. The summed E-state index contributed by atoms with van der Waals surface area (Å²) in [6, 6.07) is 6.34. The molecule has 2 heterocycles. The number of carbonyl (C=O) groups is 1. The molecule has 1 aromatic carbocycles. The van der Waals surface area contributed by atoms with Crippen LogP contribution >= 0.6 is 11.3 Å². The predicted molar refractivity (Wildman–Crippen MR) is 95.5 cm³/mol. The largest absolute Gasteiger partial charge is 0.369 e. The number of nitriles is 1. The molecule has 1 aromatic heterocycles. The standard InChI is InChI=1S/C18H17FN4OS/c1-10-13(11-4-5-14(19)12(6-11)8-20)9-25-16(10)18(2)7-15(24)23(3)17(21)22-18/h4-6,9H,7H2,1-3H3,(H2,21,22). The molecule has 0 saturated carbocycles.